The highest BCUT2D eigenvalue weighted by molar-refractivity contribution is 6.51. The number of benzene rings is 3. The molecule has 3 aromatic carbocycles. The number of amides is 1. The predicted molar refractivity (Wildman–Crippen MR) is 153 cm³/mol. The second-order valence-corrected chi connectivity index (χ2v) is 9.95. The Morgan fingerprint density at radius 2 is 1.66 bits per heavy atom. The standard InChI is InChI=1S/C32H36N2O4/c1-6-33(7-2)24-15-17-25(18-16-24)34-29(27-14-9-8-11-22(27)5)28(31(36)32(34)37)30(35)23-12-10-13-26(19-23)38-20-21(3)4/h8-19,21,29,35H,6-7,20H2,1-5H3/b30-28+. The lowest BCUT2D eigenvalue weighted by atomic mass is 9.92. The van der Waals surface area contributed by atoms with E-state index in [4.69, 9.17) is 4.74 Å². The Kier molecular flexibility index (Phi) is 8.20. The average molecular weight is 513 g/mol. The van der Waals surface area contributed by atoms with Crippen LogP contribution in [0.4, 0.5) is 11.4 Å². The van der Waals surface area contributed by atoms with Crippen molar-refractivity contribution in [2.45, 2.75) is 40.7 Å². The Balaban J connectivity index is 1.84. The third-order valence-corrected chi connectivity index (χ3v) is 6.87. The van der Waals surface area contributed by atoms with E-state index >= 15 is 0 Å². The molecule has 1 atom stereocenters. The molecule has 3 aromatic rings. The third kappa shape index (κ3) is 5.30. The van der Waals surface area contributed by atoms with Gasteiger partial charge in [-0.3, -0.25) is 14.5 Å². The van der Waals surface area contributed by atoms with E-state index in [0.717, 1.165) is 29.9 Å². The van der Waals surface area contributed by atoms with Crippen LogP contribution in [-0.4, -0.2) is 36.5 Å². The van der Waals surface area contributed by atoms with Gasteiger partial charge in [0.05, 0.1) is 18.2 Å². The molecule has 198 valence electrons. The topological polar surface area (TPSA) is 70.1 Å². The molecule has 0 aliphatic carbocycles. The van der Waals surface area contributed by atoms with E-state index < -0.39 is 17.7 Å². The molecule has 1 aliphatic heterocycles. The van der Waals surface area contributed by atoms with E-state index in [9.17, 15) is 14.7 Å². The zero-order chi connectivity index (χ0) is 27.4. The summed E-state index contributed by atoms with van der Waals surface area (Å²) in [5, 5.41) is 11.5. The zero-order valence-corrected chi connectivity index (χ0v) is 22.8. The van der Waals surface area contributed by atoms with Gasteiger partial charge < -0.3 is 14.7 Å². The predicted octanol–water partition coefficient (Wildman–Crippen LogP) is 6.50. The summed E-state index contributed by atoms with van der Waals surface area (Å²) in [5.74, 6) is -0.656. The van der Waals surface area contributed by atoms with Crippen molar-refractivity contribution in [3.05, 3.63) is 95.1 Å². The van der Waals surface area contributed by atoms with Crippen molar-refractivity contribution in [1.29, 1.82) is 0 Å². The number of anilines is 2. The molecule has 0 bridgehead atoms. The molecule has 1 aliphatic rings. The first-order valence-electron chi connectivity index (χ1n) is 13.2. The Morgan fingerprint density at radius 3 is 2.29 bits per heavy atom. The molecule has 1 saturated heterocycles. The number of aliphatic hydroxyl groups excluding tert-OH is 1. The number of hydrogen-bond donors (Lipinski definition) is 1. The SMILES string of the molecule is CCN(CC)c1ccc(N2C(=O)C(=O)/C(=C(/O)c3cccc(OCC(C)C)c3)C2c2ccccc2C)cc1. The molecular formula is C32H36N2O4. The van der Waals surface area contributed by atoms with E-state index in [1.54, 1.807) is 18.2 Å². The number of carbonyl (C=O) groups is 2. The lowest BCUT2D eigenvalue weighted by Gasteiger charge is -2.27. The summed E-state index contributed by atoms with van der Waals surface area (Å²) < 4.78 is 5.84. The van der Waals surface area contributed by atoms with Gasteiger partial charge in [0.15, 0.2) is 0 Å². The van der Waals surface area contributed by atoms with Crippen LogP contribution in [0.2, 0.25) is 0 Å². The van der Waals surface area contributed by atoms with Crippen LogP contribution in [0.5, 0.6) is 5.75 Å². The van der Waals surface area contributed by atoms with Crippen LogP contribution in [0.25, 0.3) is 5.76 Å². The molecule has 0 aromatic heterocycles. The van der Waals surface area contributed by atoms with Gasteiger partial charge in [-0.1, -0.05) is 50.2 Å². The molecule has 4 rings (SSSR count). The fourth-order valence-corrected chi connectivity index (χ4v) is 4.85. The van der Waals surface area contributed by atoms with Gasteiger partial charge in [-0.25, -0.2) is 0 Å². The Labute approximate surface area is 225 Å². The van der Waals surface area contributed by atoms with E-state index in [1.807, 2.05) is 61.5 Å². The minimum Gasteiger partial charge on any atom is -0.507 e. The molecule has 1 heterocycles. The van der Waals surface area contributed by atoms with E-state index in [1.165, 1.54) is 4.90 Å². The van der Waals surface area contributed by atoms with Crippen molar-refractivity contribution < 1.29 is 19.4 Å². The minimum atomic E-state index is -0.768. The van der Waals surface area contributed by atoms with Crippen molar-refractivity contribution in [2.24, 2.45) is 5.92 Å². The van der Waals surface area contributed by atoms with Crippen molar-refractivity contribution in [3.8, 4) is 5.75 Å². The second-order valence-electron chi connectivity index (χ2n) is 9.95. The maximum atomic E-state index is 13.5. The number of aryl methyl sites for hydroxylation is 1. The summed E-state index contributed by atoms with van der Waals surface area (Å²) in [6.45, 7) is 12.5. The van der Waals surface area contributed by atoms with Crippen LogP contribution in [0.15, 0.2) is 78.4 Å². The molecule has 1 amide bonds. The van der Waals surface area contributed by atoms with Gasteiger partial charge in [-0.05, 0) is 74.2 Å². The Hall–Kier alpha value is -4.06. The van der Waals surface area contributed by atoms with Gasteiger partial charge >= 0.3 is 0 Å². The Bertz CT molecular complexity index is 1340. The summed E-state index contributed by atoms with van der Waals surface area (Å²) in [7, 11) is 0. The molecule has 1 N–H and O–H groups in total. The smallest absolute Gasteiger partial charge is 0.300 e. The molecule has 0 saturated carbocycles. The summed E-state index contributed by atoms with van der Waals surface area (Å²) in [4.78, 5) is 30.8. The van der Waals surface area contributed by atoms with Crippen LogP contribution in [-0.2, 0) is 9.59 Å². The van der Waals surface area contributed by atoms with Crippen molar-refractivity contribution in [3.63, 3.8) is 0 Å². The number of ketones is 1. The number of aliphatic hydroxyl groups is 1. The first kappa shape index (κ1) is 27.0. The van der Waals surface area contributed by atoms with Gasteiger partial charge in [-0.15, -0.1) is 0 Å². The number of Topliss-reactive ketones (excluding diaryl/α,β-unsaturated/α-hetero) is 1. The molecule has 1 unspecified atom stereocenters. The van der Waals surface area contributed by atoms with Crippen LogP contribution < -0.4 is 14.5 Å². The lowest BCUT2D eigenvalue weighted by molar-refractivity contribution is -0.132. The van der Waals surface area contributed by atoms with Gasteiger partial charge in [0.2, 0.25) is 0 Å². The number of hydrogen-bond acceptors (Lipinski definition) is 5. The number of rotatable bonds is 9. The van der Waals surface area contributed by atoms with Crippen molar-refractivity contribution in [1.82, 2.24) is 0 Å². The molecule has 1 fully saturated rings. The highest BCUT2D eigenvalue weighted by atomic mass is 16.5. The summed E-state index contributed by atoms with van der Waals surface area (Å²) in [5.41, 5.74) is 3.85. The fourth-order valence-electron chi connectivity index (χ4n) is 4.85. The molecule has 38 heavy (non-hydrogen) atoms. The van der Waals surface area contributed by atoms with Crippen LogP contribution in [0.3, 0.4) is 0 Å². The van der Waals surface area contributed by atoms with Crippen LogP contribution >= 0.6 is 0 Å². The third-order valence-electron chi connectivity index (χ3n) is 6.87. The molecular weight excluding hydrogens is 476 g/mol. The number of carbonyl (C=O) groups excluding carboxylic acids is 2. The minimum absolute atomic E-state index is 0.0677. The molecule has 6 nitrogen and oxygen atoms in total. The summed E-state index contributed by atoms with van der Waals surface area (Å²) in [6, 6.07) is 21.5. The quantitative estimate of drug-likeness (QED) is 0.201. The van der Waals surface area contributed by atoms with Gasteiger partial charge in [0.1, 0.15) is 11.5 Å². The lowest BCUT2D eigenvalue weighted by Crippen LogP contribution is -2.30. The van der Waals surface area contributed by atoms with Crippen LogP contribution in [0, 0.1) is 12.8 Å². The highest BCUT2D eigenvalue weighted by Crippen LogP contribution is 2.43. The average Bonchev–Trinajstić information content (AvgIpc) is 3.18. The van der Waals surface area contributed by atoms with E-state index in [2.05, 4.69) is 32.6 Å². The molecule has 6 heteroatoms. The normalized spacial score (nSPS) is 16.8. The highest BCUT2D eigenvalue weighted by Gasteiger charge is 2.47. The zero-order valence-electron chi connectivity index (χ0n) is 22.8. The van der Waals surface area contributed by atoms with Crippen molar-refractivity contribution in [2.75, 3.05) is 29.5 Å². The van der Waals surface area contributed by atoms with Gasteiger partial charge in [0.25, 0.3) is 11.7 Å². The first-order valence-corrected chi connectivity index (χ1v) is 13.2. The van der Waals surface area contributed by atoms with Crippen LogP contribution in [0.1, 0.15) is 50.4 Å². The summed E-state index contributed by atoms with van der Waals surface area (Å²) in [6.07, 6.45) is 0. The number of nitrogens with zero attached hydrogens (tertiary/aromatic N) is 2. The van der Waals surface area contributed by atoms with Gasteiger partial charge in [0, 0.05) is 30.0 Å². The second kappa shape index (κ2) is 11.5. The Morgan fingerprint density at radius 1 is 0.974 bits per heavy atom. The summed E-state index contributed by atoms with van der Waals surface area (Å²) >= 11 is 0. The fraction of sp³-hybridized carbons (Fsp3) is 0.312. The van der Waals surface area contributed by atoms with Crippen molar-refractivity contribution >= 4 is 28.8 Å². The maximum Gasteiger partial charge on any atom is 0.300 e. The molecule has 0 radical (unpaired) electrons. The van der Waals surface area contributed by atoms with Gasteiger partial charge in [-0.2, -0.15) is 0 Å². The maximum absolute atomic E-state index is 13.5. The van der Waals surface area contributed by atoms with E-state index in [-0.39, 0.29) is 11.3 Å². The van der Waals surface area contributed by atoms with E-state index in [0.29, 0.717) is 29.5 Å². The first-order chi connectivity index (χ1) is 18.3. The molecule has 0 spiro atoms. The largest absolute Gasteiger partial charge is 0.507 e. The monoisotopic (exact) mass is 512 g/mol. The number of ether oxygens (including phenoxy) is 1.